The minimum atomic E-state index is -0.757. The Bertz CT molecular complexity index is 466. The SMILES string of the molecule is CCCCCCCCCCCCCCCCC(=O)OC[C@H](CO)OC(=O)CCCCCCCCC. The maximum Gasteiger partial charge on any atom is 0.306 e. The average Bonchev–Trinajstić information content (AvgIpc) is 2.86. The number of unbranched alkanes of at least 4 members (excludes halogenated alkanes) is 19. The second-order valence-corrected chi connectivity index (χ2v) is 10.2. The normalized spacial score (nSPS) is 12.0. The van der Waals surface area contributed by atoms with Crippen LogP contribution in [-0.4, -0.2) is 36.4 Å². The van der Waals surface area contributed by atoms with Gasteiger partial charge in [-0.2, -0.15) is 0 Å². The number of carbonyl (C=O) groups is 2. The second kappa shape index (κ2) is 27.5. The Hall–Kier alpha value is -1.10. The topological polar surface area (TPSA) is 72.8 Å². The summed E-state index contributed by atoms with van der Waals surface area (Å²) in [6.45, 7) is 4.08. The summed E-state index contributed by atoms with van der Waals surface area (Å²) in [6, 6.07) is 0. The minimum absolute atomic E-state index is 0.0588. The highest BCUT2D eigenvalue weighted by Crippen LogP contribution is 2.14. The van der Waals surface area contributed by atoms with E-state index in [1.807, 2.05) is 0 Å². The molecule has 0 aliphatic heterocycles. The van der Waals surface area contributed by atoms with Crippen molar-refractivity contribution in [3.05, 3.63) is 0 Å². The number of esters is 2. The Morgan fingerprint density at radius 1 is 0.543 bits per heavy atom. The molecule has 0 aliphatic carbocycles. The van der Waals surface area contributed by atoms with Crippen LogP contribution in [0.2, 0.25) is 0 Å². The Morgan fingerprint density at radius 3 is 1.26 bits per heavy atom. The fourth-order valence-corrected chi connectivity index (χ4v) is 4.32. The Morgan fingerprint density at radius 2 is 0.886 bits per heavy atom. The number of aliphatic hydroxyl groups is 1. The first-order valence-corrected chi connectivity index (χ1v) is 15.1. The van der Waals surface area contributed by atoms with Crippen molar-refractivity contribution in [2.24, 2.45) is 0 Å². The lowest BCUT2D eigenvalue weighted by Crippen LogP contribution is -2.28. The third kappa shape index (κ3) is 25.8. The molecular weight excluding hydrogens is 440 g/mol. The van der Waals surface area contributed by atoms with E-state index in [4.69, 9.17) is 9.47 Å². The molecule has 5 heteroatoms. The van der Waals surface area contributed by atoms with Crippen LogP contribution < -0.4 is 0 Å². The lowest BCUT2D eigenvalue weighted by Gasteiger charge is -2.15. The van der Waals surface area contributed by atoms with Crippen LogP contribution in [0.5, 0.6) is 0 Å². The van der Waals surface area contributed by atoms with Crippen LogP contribution >= 0.6 is 0 Å². The van der Waals surface area contributed by atoms with Crippen molar-refractivity contribution in [3.8, 4) is 0 Å². The molecule has 1 atom stereocenters. The molecule has 0 saturated carbocycles. The van der Waals surface area contributed by atoms with Crippen molar-refractivity contribution in [3.63, 3.8) is 0 Å². The predicted molar refractivity (Wildman–Crippen MR) is 145 cm³/mol. The molecule has 0 amide bonds. The zero-order chi connectivity index (χ0) is 25.8. The molecule has 208 valence electrons. The van der Waals surface area contributed by atoms with Gasteiger partial charge in [-0.25, -0.2) is 0 Å². The van der Waals surface area contributed by atoms with Gasteiger partial charge in [0.25, 0.3) is 0 Å². The number of ether oxygens (including phenoxy) is 2. The van der Waals surface area contributed by atoms with E-state index in [-0.39, 0.29) is 25.2 Å². The molecule has 0 bridgehead atoms. The molecule has 0 heterocycles. The van der Waals surface area contributed by atoms with Gasteiger partial charge in [0, 0.05) is 12.8 Å². The molecular formula is C30H58O5. The molecule has 0 unspecified atom stereocenters. The van der Waals surface area contributed by atoms with Crippen molar-refractivity contribution in [1.82, 2.24) is 0 Å². The highest BCUT2D eigenvalue weighted by Gasteiger charge is 2.16. The van der Waals surface area contributed by atoms with Gasteiger partial charge < -0.3 is 14.6 Å². The van der Waals surface area contributed by atoms with Gasteiger partial charge in [-0.1, -0.05) is 136 Å². The van der Waals surface area contributed by atoms with E-state index in [1.54, 1.807) is 0 Å². The highest BCUT2D eigenvalue weighted by atomic mass is 16.6. The monoisotopic (exact) mass is 498 g/mol. The molecule has 0 saturated heterocycles. The summed E-state index contributed by atoms with van der Waals surface area (Å²) in [4.78, 5) is 23.9. The summed E-state index contributed by atoms with van der Waals surface area (Å²) in [5, 5.41) is 9.42. The predicted octanol–water partition coefficient (Wildman–Crippen LogP) is 8.45. The van der Waals surface area contributed by atoms with Gasteiger partial charge in [0.1, 0.15) is 6.61 Å². The number of aliphatic hydroxyl groups excluding tert-OH is 1. The van der Waals surface area contributed by atoms with Crippen molar-refractivity contribution < 1.29 is 24.2 Å². The molecule has 0 rings (SSSR count). The molecule has 5 nitrogen and oxygen atoms in total. The van der Waals surface area contributed by atoms with E-state index in [0.29, 0.717) is 12.8 Å². The van der Waals surface area contributed by atoms with Crippen molar-refractivity contribution in [1.29, 1.82) is 0 Å². The van der Waals surface area contributed by atoms with Crippen LogP contribution in [0.1, 0.15) is 162 Å². The van der Waals surface area contributed by atoms with E-state index in [9.17, 15) is 14.7 Å². The molecule has 0 aromatic rings. The molecule has 0 fully saturated rings. The molecule has 0 aromatic carbocycles. The third-order valence-corrected chi connectivity index (χ3v) is 6.65. The molecule has 0 spiro atoms. The minimum Gasteiger partial charge on any atom is -0.462 e. The maximum absolute atomic E-state index is 11.9. The largest absolute Gasteiger partial charge is 0.462 e. The van der Waals surface area contributed by atoms with Gasteiger partial charge in [-0.15, -0.1) is 0 Å². The Labute approximate surface area is 217 Å². The fourth-order valence-electron chi connectivity index (χ4n) is 4.32. The lowest BCUT2D eigenvalue weighted by molar-refractivity contribution is -0.161. The van der Waals surface area contributed by atoms with E-state index < -0.39 is 6.10 Å². The van der Waals surface area contributed by atoms with E-state index in [2.05, 4.69) is 13.8 Å². The summed E-state index contributed by atoms with van der Waals surface area (Å²) in [6.07, 6.45) is 25.9. The first-order valence-electron chi connectivity index (χ1n) is 15.1. The summed E-state index contributed by atoms with van der Waals surface area (Å²) >= 11 is 0. The van der Waals surface area contributed by atoms with Gasteiger partial charge >= 0.3 is 11.9 Å². The van der Waals surface area contributed by atoms with Crippen molar-refractivity contribution >= 4 is 11.9 Å². The van der Waals surface area contributed by atoms with Gasteiger partial charge in [-0.05, 0) is 12.8 Å². The van der Waals surface area contributed by atoms with Crippen molar-refractivity contribution in [2.45, 2.75) is 168 Å². The third-order valence-electron chi connectivity index (χ3n) is 6.65. The first-order chi connectivity index (χ1) is 17.1. The van der Waals surface area contributed by atoms with Crippen LogP contribution in [0.25, 0.3) is 0 Å². The summed E-state index contributed by atoms with van der Waals surface area (Å²) in [5.41, 5.74) is 0. The Balaban J connectivity index is 3.53. The number of rotatable bonds is 27. The van der Waals surface area contributed by atoms with E-state index in [0.717, 1.165) is 32.1 Å². The zero-order valence-electron chi connectivity index (χ0n) is 23.3. The summed E-state index contributed by atoms with van der Waals surface area (Å²) < 4.78 is 10.5. The van der Waals surface area contributed by atoms with Crippen LogP contribution in [-0.2, 0) is 19.1 Å². The van der Waals surface area contributed by atoms with Crippen LogP contribution in [0.3, 0.4) is 0 Å². The highest BCUT2D eigenvalue weighted by molar-refractivity contribution is 5.70. The summed E-state index contributed by atoms with van der Waals surface area (Å²) in [5.74, 6) is -0.592. The molecule has 0 radical (unpaired) electrons. The maximum atomic E-state index is 11.9. The average molecular weight is 499 g/mol. The smallest absolute Gasteiger partial charge is 0.306 e. The molecule has 1 N–H and O–H groups in total. The van der Waals surface area contributed by atoms with Crippen LogP contribution in [0, 0.1) is 0 Å². The number of hydrogen-bond donors (Lipinski definition) is 1. The lowest BCUT2D eigenvalue weighted by atomic mass is 10.0. The molecule has 35 heavy (non-hydrogen) atoms. The standard InChI is InChI=1S/C30H58O5/c1-3-5-7-9-11-12-13-14-15-16-17-19-20-22-24-29(32)34-27-28(26-31)35-30(33)25-23-21-18-10-8-6-4-2/h28,31H,3-27H2,1-2H3/t28-/m0/s1. The second-order valence-electron chi connectivity index (χ2n) is 10.2. The quantitative estimate of drug-likeness (QED) is 0.0908. The van der Waals surface area contributed by atoms with Crippen LogP contribution in [0.4, 0.5) is 0 Å². The van der Waals surface area contributed by atoms with E-state index >= 15 is 0 Å². The number of carbonyl (C=O) groups excluding carboxylic acids is 2. The Kier molecular flexibility index (Phi) is 26.6. The van der Waals surface area contributed by atoms with Gasteiger partial charge in [0.05, 0.1) is 6.61 Å². The molecule has 0 aliphatic rings. The van der Waals surface area contributed by atoms with E-state index in [1.165, 1.54) is 103 Å². The first kappa shape index (κ1) is 33.9. The van der Waals surface area contributed by atoms with Gasteiger partial charge in [0.2, 0.25) is 0 Å². The van der Waals surface area contributed by atoms with Gasteiger partial charge in [-0.3, -0.25) is 9.59 Å². The fraction of sp³-hybridized carbons (Fsp3) is 0.933. The molecule has 0 aromatic heterocycles. The van der Waals surface area contributed by atoms with Crippen molar-refractivity contribution in [2.75, 3.05) is 13.2 Å². The van der Waals surface area contributed by atoms with Crippen LogP contribution in [0.15, 0.2) is 0 Å². The zero-order valence-corrected chi connectivity index (χ0v) is 23.3. The van der Waals surface area contributed by atoms with Gasteiger partial charge in [0.15, 0.2) is 6.10 Å². The summed E-state index contributed by atoms with van der Waals surface area (Å²) in [7, 11) is 0. The number of hydrogen-bond acceptors (Lipinski definition) is 5.